The fourth-order valence-corrected chi connectivity index (χ4v) is 0.981. The van der Waals surface area contributed by atoms with Crippen LogP contribution in [0.2, 0.25) is 12.6 Å². The maximum absolute atomic E-state index is 2.28. The second-order valence-corrected chi connectivity index (χ2v) is 2.69. The van der Waals surface area contributed by atoms with Gasteiger partial charge in [-0.25, -0.2) is 0 Å². The molecule has 0 spiro atoms. The smallest absolute Gasteiger partial charge is 0.0917 e. The Kier molecular flexibility index (Phi) is 7.33. The summed E-state index contributed by atoms with van der Waals surface area (Å²) in [5, 5.41) is 0. The van der Waals surface area contributed by atoms with Gasteiger partial charge in [-0.1, -0.05) is 50.3 Å². The van der Waals surface area contributed by atoms with Gasteiger partial charge in [0.25, 0.3) is 0 Å². The molecule has 0 amide bonds. The van der Waals surface area contributed by atoms with E-state index in [4.69, 9.17) is 0 Å². The number of rotatable bonds is 5. The molecule has 1 atom stereocenters. The highest BCUT2D eigenvalue weighted by atomic mass is 13.9. The summed E-state index contributed by atoms with van der Waals surface area (Å²) < 4.78 is 0. The monoisotopic (exact) mass is 149 g/mol. The Bertz CT molecular complexity index is 121. The Morgan fingerprint density at radius 3 is 2.55 bits per heavy atom. The first-order valence-corrected chi connectivity index (χ1v) is 4.42. The normalized spacial score (nSPS) is 14.5. The topological polar surface area (TPSA) is 0 Å². The van der Waals surface area contributed by atoms with E-state index in [1.165, 1.54) is 12.8 Å². The van der Waals surface area contributed by atoms with Crippen LogP contribution in [-0.4, -0.2) is 7.28 Å². The highest BCUT2D eigenvalue weighted by molar-refractivity contribution is 6.35. The van der Waals surface area contributed by atoms with Crippen molar-refractivity contribution in [3.05, 3.63) is 24.3 Å². The van der Waals surface area contributed by atoms with Gasteiger partial charge in [0, 0.05) is 0 Å². The van der Waals surface area contributed by atoms with Crippen LogP contribution in [0, 0.1) is 0 Å². The molecule has 1 radical (unpaired) electrons. The average Bonchev–Trinajstić information content (AvgIpc) is 2.05. The van der Waals surface area contributed by atoms with Crippen molar-refractivity contribution in [1.82, 2.24) is 0 Å². The quantitative estimate of drug-likeness (QED) is 0.414. The third kappa shape index (κ3) is 5.96. The number of hydrogen-bond donors (Lipinski definition) is 0. The van der Waals surface area contributed by atoms with Gasteiger partial charge in [-0.2, -0.15) is 0 Å². The van der Waals surface area contributed by atoms with Crippen LogP contribution < -0.4 is 0 Å². The lowest BCUT2D eigenvalue weighted by atomic mass is 9.64. The van der Waals surface area contributed by atoms with E-state index in [-0.39, 0.29) is 0 Å². The van der Waals surface area contributed by atoms with E-state index in [1.54, 1.807) is 0 Å². The average molecular weight is 149 g/mol. The van der Waals surface area contributed by atoms with Crippen LogP contribution in [0.3, 0.4) is 0 Å². The minimum absolute atomic E-state index is 0.761. The van der Waals surface area contributed by atoms with Crippen LogP contribution in [0.5, 0.6) is 0 Å². The fraction of sp³-hybridized carbons (Fsp3) is 0.600. The maximum atomic E-state index is 2.28. The largest absolute Gasteiger partial charge is 0.110 e. The SMILES string of the molecule is C[B]C(CC)C/C=C\C=C/C. The van der Waals surface area contributed by atoms with Crippen LogP contribution in [0.15, 0.2) is 24.3 Å². The number of hydrogen-bond acceptors (Lipinski definition) is 0. The van der Waals surface area contributed by atoms with Gasteiger partial charge in [-0.3, -0.25) is 0 Å². The highest BCUT2D eigenvalue weighted by Gasteiger charge is 1.99. The summed E-state index contributed by atoms with van der Waals surface area (Å²) in [5.41, 5.74) is 0. The van der Waals surface area contributed by atoms with Gasteiger partial charge in [0.15, 0.2) is 0 Å². The summed E-state index contributed by atoms with van der Waals surface area (Å²) in [6.07, 6.45) is 10.9. The van der Waals surface area contributed by atoms with Gasteiger partial charge in [-0.05, 0) is 13.3 Å². The molecule has 0 nitrogen and oxygen atoms in total. The van der Waals surface area contributed by atoms with Crippen LogP contribution >= 0.6 is 0 Å². The lowest BCUT2D eigenvalue weighted by Gasteiger charge is -2.05. The first kappa shape index (κ1) is 10.5. The Morgan fingerprint density at radius 2 is 2.09 bits per heavy atom. The molecule has 0 saturated carbocycles. The molecule has 0 aromatic heterocycles. The molecule has 1 unspecified atom stereocenters. The molecule has 0 heterocycles. The van der Waals surface area contributed by atoms with Gasteiger partial charge in [0.2, 0.25) is 0 Å². The van der Waals surface area contributed by atoms with E-state index in [0.717, 1.165) is 5.82 Å². The van der Waals surface area contributed by atoms with Crippen molar-refractivity contribution in [3.8, 4) is 0 Å². The predicted octanol–water partition coefficient (Wildman–Crippen LogP) is 3.46. The first-order chi connectivity index (χ1) is 5.35. The van der Waals surface area contributed by atoms with E-state index >= 15 is 0 Å². The molecule has 0 N–H and O–H groups in total. The second-order valence-electron chi connectivity index (χ2n) is 2.69. The molecule has 0 aromatic rings. The van der Waals surface area contributed by atoms with Crippen molar-refractivity contribution in [1.29, 1.82) is 0 Å². The summed E-state index contributed by atoms with van der Waals surface area (Å²) in [5.74, 6) is 0.761. The molecule has 0 aliphatic carbocycles. The lowest BCUT2D eigenvalue weighted by molar-refractivity contribution is 0.802. The Morgan fingerprint density at radius 1 is 1.36 bits per heavy atom. The Hall–Kier alpha value is -0.455. The van der Waals surface area contributed by atoms with Crippen LogP contribution in [0.4, 0.5) is 0 Å². The molecule has 0 bridgehead atoms. The van der Waals surface area contributed by atoms with Crippen molar-refractivity contribution in [2.45, 2.75) is 39.3 Å². The summed E-state index contributed by atoms with van der Waals surface area (Å²) in [7, 11) is 2.28. The first-order valence-electron chi connectivity index (χ1n) is 4.42. The van der Waals surface area contributed by atoms with E-state index in [1.807, 2.05) is 13.0 Å². The highest BCUT2D eigenvalue weighted by Crippen LogP contribution is 2.13. The van der Waals surface area contributed by atoms with Crippen molar-refractivity contribution < 1.29 is 0 Å². The van der Waals surface area contributed by atoms with E-state index < -0.39 is 0 Å². The third-order valence-electron chi connectivity index (χ3n) is 1.87. The van der Waals surface area contributed by atoms with Gasteiger partial charge >= 0.3 is 0 Å². The van der Waals surface area contributed by atoms with Gasteiger partial charge in [0.1, 0.15) is 7.28 Å². The van der Waals surface area contributed by atoms with Crippen molar-refractivity contribution in [2.75, 3.05) is 0 Å². The van der Waals surface area contributed by atoms with Gasteiger partial charge in [-0.15, -0.1) is 0 Å². The van der Waals surface area contributed by atoms with E-state index in [9.17, 15) is 0 Å². The summed E-state index contributed by atoms with van der Waals surface area (Å²) >= 11 is 0. The molecule has 11 heavy (non-hydrogen) atoms. The molecular formula is C10H18B. The van der Waals surface area contributed by atoms with Crippen LogP contribution in [-0.2, 0) is 0 Å². The molecule has 61 valence electrons. The summed E-state index contributed by atoms with van der Waals surface area (Å²) in [6, 6.07) is 0. The van der Waals surface area contributed by atoms with E-state index in [0.29, 0.717) is 0 Å². The van der Waals surface area contributed by atoms with E-state index in [2.05, 4.69) is 39.3 Å². The fourth-order valence-electron chi connectivity index (χ4n) is 0.981. The van der Waals surface area contributed by atoms with Crippen molar-refractivity contribution in [2.24, 2.45) is 0 Å². The summed E-state index contributed by atoms with van der Waals surface area (Å²) in [4.78, 5) is 0. The molecule has 0 aliphatic heterocycles. The molecule has 0 fully saturated rings. The third-order valence-corrected chi connectivity index (χ3v) is 1.87. The van der Waals surface area contributed by atoms with Crippen LogP contribution in [0.25, 0.3) is 0 Å². The minimum Gasteiger partial charge on any atom is -0.0917 e. The zero-order valence-corrected chi connectivity index (χ0v) is 7.88. The molecular weight excluding hydrogens is 131 g/mol. The minimum atomic E-state index is 0.761. The van der Waals surface area contributed by atoms with Gasteiger partial charge in [0.05, 0.1) is 0 Å². The van der Waals surface area contributed by atoms with Crippen LogP contribution in [0.1, 0.15) is 26.7 Å². The van der Waals surface area contributed by atoms with Crippen molar-refractivity contribution in [3.63, 3.8) is 0 Å². The second kappa shape index (κ2) is 7.65. The zero-order chi connectivity index (χ0) is 8.53. The molecule has 1 heteroatoms. The Balaban J connectivity index is 3.49. The zero-order valence-electron chi connectivity index (χ0n) is 7.88. The lowest BCUT2D eigenvalue weighted by Crippen LogP contribution is -1.95. The Labute approximate surface area is 71.6 Å². The van der Waals surface area contributed by atoms with Gasteiger partial charge < -0.3 is 0 Å². The molecule has 0 aliphatic rings. The standard InChI is InChI=1S/C10H18B/c1-4-6-7-8-9-10(5-2)11-3/h4,6-8,10H,5,9H2,1-3H3/b6-4-,8-7-. The molecule has 0 saturated heterocycles. The summed E-state index contributed by atoms with van der Waals surface area (Å²) in [6.45, 7) is 6.40. The number of allylic oxidation sites excluding steroid dienone is 4. The predicted molar refractivity (Wildman–Crippen MR) is 54.2 cm³/mol. The molecule has 0 rings (SSSR count). The van der Waals surface area contributed by atoms with Crippen molar-refractivity contribution >= 4 is 7.28 Å². The maximum Gasteiger partial charge on any atom is 0.110 e. The molecule has 0 aromatic carbocycles.